The average Bonchev–Trinajstić information content (AvgIpc) is 3.38. The van der Waals surface area contributed by atoms with Gasteiger partial charge in [-0.15, -0.1) is 11.3 Å². The van der Waals surface area contributed by atoms with Crippen LogP contribution in [-0.2, 0) is 16.1 Å². The minimum absolute atomic E-state index is 0.0220. The Morgan fingerprint density at radius 3 is 2.18 bits per heavy atom. The van der Waals surface area contributed by atoms with Gasteiger partial charge >= 0.3 is 11.8 Å². The molecular formula is C26H30N4O2S. The number of nitrogens with zero attached hydrogens (tertiary/aromatic N) is 2. The van der Waals surface area contributed by atoms with Crippen molar-refractivity contribution in [3.63, 3.8) is 0 Å². The summed E-state index contributed by atoms with van der Waals surface area (Å²) in [5.74, 6) is -1.20. The number of para-hydroxylation sites is 1. The molecule has 2 heterocycles. The Balaban J connectivity index is 1.37. The molecule has 1 aliphatic rings. The van der Waals surface area contributed by atoms with Crippen LogP contribution in [0.25, 0.3) is 0 Å². The number of amides is 2. The van der Waals surface area contributed by atoms with Crippen LogP contribution in [0.4, 0.5) is 5.69 Å². The van der Waals surface area contributed by atoms with Crippen molar-refractivity contribution >= 4 is 28.8 Å². The van der Waals surface area contributed by atoms with Gasteiger partial charge in [0.15, 0.2) is 0 Å². The van der Waals surface area contributed by atoms with Crippen molar-refractivity contribution in [2.24, 2.45) is 0 Å². The fraction of sp³-hybridized carbons (Fsp3) is 0.308. The molecule has 0 spiro atoms. The maximum absolute atomic E-state index is 12.6. The van der Waals surface area contributed by atoms with Crippen molar-refractivity contribution in [2.75, 3.05) is 31.1 Å². The summed E-state index contributed by atoms with van der Waals surface area (Å²) < 4.78 is 0. The molecule has 0 bridgehead atoms. The van der Waals surface area contributed by atoms with Crippen LogP contribution in [-0.4, -0.2) is 48.9 Å². The number of hydrogen-bond donors (Lipinski definition) is 2. The van der Waals surface area contributed by atoms with Gasteiger partial charge in [0, 0.05) is 49.3 Å². The summed E-state index contributed by atoms with van der Waals surface area (Å²) in [6, 6.07) is 24.0. The minimum Gasteiger partial charge on any atom is -0.369 e. The summed E-state index contributed by atoms with van der Waals surface area (Å²) in [5.41, 5.74) is 2.20. The monoisotopic (exact) mass is 462 g/mol. The van der Waals surface area contributed by atoms with E-state index in [1.54, 1.807) is 11.3 Å². The highest BCUT2D eigenvalue weighted by molar-refractivity contribution is 7.10. The van der Waals surface area contributed by atoms with E-state index >= 15 is 0 Å². The van der Waals surface area contributed by atoms with Crippen molar-refractivity contribution in [3.8, 4) is 0 Å². The molecule has 1 aromatic heterocycles. The van der Waals surface area contributed by atoms with Crippen molar-refractivity contribution in [1.29, 1.82) is 0 Å². The maximum atomic E-state index is 12.6. The molecule has 1 saturated heterocycles. The Labute approximate surface area is 199 Å². The van der Waals surface area contributed by atoms with E-state index < -0.39 is 11.8 Å². The molecule has 4 rings (SSSR count). The lowest BCUT2D eigenvalue weighted by Gasteiger charge is -2.42. The third kappa shape index (κ3) is 6.00. The van der Waals surface area contributed by atoms with Crippen LogP contribution >= 0.6 is 11.3 Å². The number of nitrogens with one attached hydrogen (secondary N) is 2. The predicted molar refractivity (Wildman–Crippen MR) is 133 cm³/mol. The van der Waals surface area contributed by atoms with E-state index in [2.05, 4.69) is 56.1 Å². The fourth-order valence-electron chi connectivity index (χ4n) is 4.31. The van der Waals surface area contributed by atoms with Gasteiger partial charge in [-0.25, -0.2) is 0 Å². The smallest absolute Gasteiger partial charge is 0.309 e. The maximum Gasteiger partial charge on any atom is 0.309 e. The molecule has 0 aliphatic carbocycles. The second kappa shape index (κ2) is 11.1. The Bertz CT molecular complexity index is 1020. The van der Waals surface area contributed by atoms with Crippen molar-refractivity contribution < 1.29 is 9.59 Å². The molecule has 33 heavy (non-hydrogen) atoms. The Hall–Kier alpha value is -3.16. The zero-order chi connectivity index (χ0) is 23.0. The van der Waals surface area contributed by atoms with E-state index in [-0.39, 0.29) is 12.1 Å². The molecule has 1 fully saturated rings. The lowest BCUT2D eigenvalue weighted by atomic mass is 10.0. The highest BCUT2D eigenvalue weighted by Gasteiger charge is 2.31. The van der Waals surface area contributed by atoms with Crippen LogP contribution in [0, 0.1) is 0 Å². The van der Waals surface area contributed by atoms with Crippen LogP contribution in [0.3, 0.4) is 0 Å². The summed E-state index contributed by atoms with van der Waals surface area (Å²) in [5, 5.41) is 7.72. The first-order valence-electron chi connectivity index (χ1n) is 11.3. The Morgan fingerprint density at radius 2 is 1.55 bits per heavy atom. The molecule has 7 heteroatoms. The molecule has 2 N–H and O–H groups in total. The zero-order valence-electron chi connectivity index (χ0n) is 18.8. The summed E-state index contributed by atoms with van der Waals surface area (Å²) in [4.78, 5) is 31.0. The van der Waals surface area contributed by atoms with Crippen molar-refractivity contribution in [2.45, 2.75) is 25.6 Å². The highest BCUT2D eigenvalue weighted by Crippen LogP contribution is 2.30. The van der Waals surface area contributed by atoms with E-state index in [0.717, 1.165) is 31.7 Å². The largest absolute Gasteiger partial charge is 0.369 e. The average molecular weight is 463 g/mol. The predicted octanol–water partition coefficient (Wildman–Crippen LogP) is 3.43. The topological polar surface area (TPSA) is 64.7 Å². The molecule has 3 aromatic rings. The number of hydrogen-bond acceptors (Lipinski definition) is 5. The molecule has 0 radical (unpaired) electrons. The van der Waals surface area contributed by atoms with Gasteiger partial charge < -0.3 is 15.5 Å². The number of thiophene rings is 1. The van der Waals surface area contributed by atoms with Crippen molar-refractivity contribution in [1.82, 2.24) is 15.5 Å². The number of carbonyl (C=O) groups excluding carboxylic acids is 2. The molecule has 1 aliphatic heterocycles. The molecule has 6 nitrogen and oxygen atoms in total. The molecular weight excluding hydrogens is 432 g/mol. The quantitative estimate of drug-likeness (QED) is 0.528. The lowest BCUT2D eigenvalue weighted by Crippen LogP contribution is -2.53. The SMILES string of the molecule is C[C@@H](NC(=O)C(=O)NCc1ccccc1)[C@@H](c1cccs1)N1CCN(c2ccccc2)CC1. The molecule has 0 unspecified atom stereocenters. The van der Waals surface area contributed by atoms with Gasteiger partial charge in [-0.2, -0.15) is 0 Å². The number of benzene rings is 2. The van der Waals surface area contributed by atoms with Gasteiger partial charge in [0.1, 0.15) is 0 Å². The first-order valence-corrected chi connectivity index (χ1v) is 12.2. The van der Waals surface area contributed by atoms with Gasteiger partial charge in [0.2, 0.25) is 0 Å². The third-order valence-electron chi connectivity index (χ3n) is 6.00. The summed E-state index contributed by atoms with van der Waals surface area (Å²) in [7, 11) is 0. The van der Waals surface area contributed by atoms with E-state index in [1.165, 1.54) is 10.6 Å². The fourth-order valence-corrected chi connectivity index (χ4v) is 5.27. The summed E-state index contributed by atoms with van der Waals surface area (Å²) in [6.07, 6.45) is 0. The van der Waals surface area contributed by atoms with E-state index in [1.807, 2.05) is 49.4 Å². The second-order valence-corrected chi connectivity index (χ2v) is 9.23. The van der Waals surface area contributed by atoms with Crippen LogP contribution in [0.15, 0.2) is 78.2 Å². The van der Waals surface area contributed by atoms with Gasteiger partial charge in [0.25, 0.3) is 0 Å². The third-order valence-corrected chi connectivity index (χ3v) is 6.94. The van der Waals surface area contributed by atoms with E-state index in [9.17, 15) is 9.59 Å². The minimum atomic E-state index is -0.607. The van der Waals surface area contributed by atoms with E-state index in [0.29, 0.717) is 6.54 Å². The zero-order valence-corrected chi connectivity index (χ0v) is 19.6. The highest BCUT2D eigenvalue weighted by atomic mass is 32.1. The Kier molecular flexibility index (Phi) is 7.75. The number of piperazine rings is 1. The summed E-state index contributed by atoms with van der Waals surface area (Å²) >= 11 is 1.69. The van der Waals surface area contributed by atoms with Gasteiger partial charge in [-0.1, -0.05) is 54.6 Å². The number of rotatable bonds is 7. The van der Waals surface area contributed by atoms with Gasteiger partial charge in [-0.05, 0) is 36.1 Å². The summed E-state index contributed by atoms with van der Waals surface area (Å²) in [6.45, 7) is 5.93. The Morgan fingerprint density at radius 1 is 0.879 bits per heavy atom. The normalized spacial score (nSPS) is 16.1. The number of carbonyl (C=O) groups is 2. The lowest BCUT2D eigenvalue weighted by molar-refractivity contribution is -0.140. The van der Waals surface area contributed by atoms with Gasteiger partial charge in [-0.3, -0.25) is 14.5 Å². The van der Waals surface area contributed by atoms with Crippen LogP contribution in [0.5, 0.6) is 0 Å². The first-order chi connectivity index (χ1) is 16.1. The van der Waals surface area contributed by atoms with Crippen LogP contribution in [0.1, 0.15) is 23.4 Å². The molecule has 2 atom stereocenters. The van der Waals surface area contributed by atoms with Crippen LogP contribution in [0.2, 0.25) is 0 Å². The number of anilines is 1. The standard InChI is InChI=1S/C26H30N4O2S/c1-20(28-26(32)25(31)27-19-21-9-4-2-5-10-21)24(23-13-8-18-33-23)30-16-14-29(15-17-30)22-11-6-3-7-12-22/h2-13,18,20,24H,14-17,19H2,1H3,(H,27,31)(H,28,32)/t20-,24+/m1/s1. The molecule has 2 aromatic carbocycles. The molecule has 172 valence electrons. The first kappa shape index (κ1) is 23.0. The van der Waals surface area contributed by atoms with Crippen molar-refractivity contribution in [3.05, 3.63) is 88.6 Å². The second-order valence-electron chi connectivity index (χ2n) is 8.25. The van der Waals surface area contributed by atoms with E-state index in [4.69, 9.17) is 0 Å². The van der Waals surface area contributed by atoms with Crippen LogP contribution < -0.4 is 15.5 Å². The molecule has 0 saturated carbocycles. The molecule has 2 amide bonds. The van der Waals surface area contributed by atoms with Gasteiger partial charge in [0.05, 0.1) is 6.04 Å².